The highest BCUT2D eigenvalue weighted by Crippen LogP contribution is 2.24. The van der Waals surface area contributed by atoms with Crippen LogP contribution >= 0.6 is 11.8 Å². The lowest BCUT2D eigenvalue weighted by atomic mass is 10.2. The zero-order chi connectivity index (χ0) is 18.8. The number of aryl methyl sites for hydroxylation is 1. The van der Waals surface area contributed by atoms with Crippen molar-refractivity contribution in [2.45, 2.75) is 18.2 Å². The molecule has 1 fully saturated rings. The standard InChI is InChI=1S/C19H24N4O2S/c1-13-10-16(24)18(20-23(13)14-8-6-5-7-9-14)19(25)22-11-15(21(2)3)17(12-22)26-4/h5-10,15,17H,11-12H2,1-4H3/t15-,17-/m0/s1. The minimum Gasteiger partial charge on any atom is -0.334 e. The van der Waals surface area contributed by atoms with Crippen LogP contribution in [0.5, 0.6) is 0 Å². The van der Waals surface area contributed by atoms with Crippen molar-refractivity contribution in [3.05, 3.63) is 58.0 Å². The Morgan fingerprint density at radius 1 is 1.23 bits per heavy atom. The van der Waals surface area contributed by atoms with Gasteiger partial charge in [0.15, 0.2) is 5.69 Å². The maximum atomic E-state index is 13.0. The molecule has 1 aromatic carbocycles. The predicted molar refractivity (Wildman–Crippen MR) is 105 cm³/mol. The molecule has 6 nitrogen and oxygen atoms in total. The summed E-state index contributed by atoms with van der Waals surface area (Å²) in [5.74, 6) is -0.289. The second-order valence-corrected chi connectivity index (χ2v) is 7.84. The van der Waals surface area contributed by atoms with Crippen molar-refractivity contribution in [1.29, 1.82) is 0 Å². The van der Waals surface area contributed by atoms with Gasteiger partial charge in [-0.15, -0.1) is 0 Å². The highest BCUT2D eigenvalue weighted by atomic mass is 32.2. The van der Waals surface area contributed by atoms with Gasteiger partial charge in [0.25, 0.3) is 5.91 Å². The Hall–Kier alpha value is -2.12. The van der Waals surface area contributed by atoms with E-state index in [0.717, 1.165) is 5.69 Å². The Morgan fingerprint density at radius 3 is 2.50 bits per heavy atom. The summed E-state index contributed by atoms with van der Waals surface area (Å²) < 4.78 is 1.65. The molecule has 1 saturated heterocycles. The maximum absolute atomic E-state index is 13.0. The van der Waals surface area contributed by atoms with Crippen LogP contribution < -0.4 is 5.43 Å². The molecule has 0 spiro atoms. The molecule has 138 valence electrons. The Bertz CT molecular complexity index is 850. The van der Waals surface area contributed by atoms with E-state index in [9.17, 15) is 9.59 Å². The summed E-state index contributed by atoms with van der Waals surface area (Å²) in [4.78, 5) is 29.4. The predicted octanol–water partition coefficient (Wildman–Crippen LogP) is 1.66. The molecule has 0 radical (unpaired) electrons. The number of likely N-dealkylation sites (N-methyl/N-ethyl adjacent to an activating group) is 1. The van der Waals surface area contributed by atoms with Gasteiger partial charge in [0.1, 0.15) is 0 Å². The van der Waals surface area contributed by atoms with E-state index in [1.807, 2.05) is 51.4 Å². The lowest BCUT2D eigenvalue weighted by Crippen LogP contribution is -2.38. The fourth-order valence-corrected chi connectivity index (χ4v) is 4.30. The maximum Gasteiger partial charge on any atom is 0.278 e. The number of amides is 1. The first-order chi connectivity index (χ1) is 12.4. The van der Waals surface area contributed by atoms with Crippen LogP contribution in [-0.2, 0) is 0 Å². The molecule has 26 heavy (non-hydrogen) atoms. The monoisotopic (exact) mass is 372 g/mol. The molecule has 0 saturated carbocycles. The molecule has 7 heteroatoms. The summed E-state index contributed by atoms with van der Waals surface area (Å²) >= 11 is 1.75. The molecule has 0 unspecified atom stereocenters. The van der Waals surface area contributed by atoms with Crippen molar-refractivity contribution in [3.8, 4) is 5.69 Å². The van der Waals surface area contributed by atoms with Gasteiger partial charge in [0.05, 0.1) is 5.69 Å². The number of rotatable bonds is 4. The van der Waals surface area contributed by atoms with E-state index in [-0.39, 0.29) is 23.1 Å². The van der Waals surface area contributed by atoms with Crippen molar-refractivity contribution in [3.63, 3.8) is 0 Å². The lowest BCUT2D eigenvalue weighted by molar-refractivity contribution is 0.0774. The second kappa shape index (κ2) is 7.63. The van der Waals surface area contributed by atoms with Crippen molar-refractivity contribution in [2.75, 3.05) is 33.4 Å². The molecule has 2 aromatic rings. The number of para-hydroxylation sites is 1. The SMILES string of the molecule is CS[C@H]1CN(C(=O)c2nn(-c3ccccc3)c(C)cc2=O)C[C@@H]1N(C)C. The Balaban J connectivity index is 1.94. The van der Waals surface area contributed by atoms with Crippen LogP contribution in [0.2, 0.25) is 0 Å². The zero-order valence-corrected chi connectivity index (χ0v) is 16.4. The number of carbonyl (C=O) groups excluding carboxylic acids is 1. The number of benzene rings is 1. The highest BCUT2D eigenvalue weighted by molar-refractivity contribution is 7.99. The van der Waals surface area contributed by atoms with Crippen LogP contribution in [0.1, 0.15) is 16.2 Å². The number of carbonyl (C=O) groups is 1. The van der Waals surface area contributed by atoms with E-state index in [1.165, 1.54) is 6.07 Å². The van der Waals surface area contributed by atoms with Gasteiger partial charge in [-0.1, -0.05) is 18.2 Å². The Labute approximate surface area is 157 Å². The minimum atomic E-state index is -0.325. The van der Waals surface area contributed by atoms with Crippen molar-refractivity contribution in [2.24, 2.45) is 0 Å². The Morgan fingerprint density at radius 2 is 1.92 bits per heavy atom. The smallest absolute Gasteiger partial charge is 0.278 e. The summed E-state index contributed by atoms with van der Waals surface area (Å²) in [7, 11) is 4.04. The third kappa shape index (κ3) is 3.54. The Kier molecular flexibility index (Phi) is 5.48. The summed E-state index contributed by atoms with van der Waals surface area (Å²) in [5.41, 5.74) is 1.19. The summed E-state index contributed by atoms with van der Waals surface area (Å²) in [5, 5.41) is 4.73. The normalized spacial score (nSPS) is 20.0. The lowest BCUT2D eigenvalue weighted by Gasteiger charge is -2.23. The average molecular weight is 372 g/mol. The molecule has 0 N–H and O–H groups in total. The van der Waals surface area contributed by atoms with Crippen LogP contribution in [0.15, 0.2) is 41.2 Å². The minimum absolute atomic E-state index is 0.0151. The molecule has 1 aliphatic heterocycles. The van der Waals surface area contributed by atoms with E-state index in [1.54, 1.807) is 21.3 Å². The van der Waals surface area contributed by atoms with Crippen LogP contribution in [0.25, 0.3) is 5.69 Å². The van der Waals surface area contributed by atoms with Crippen LogP contribution in [-0.4, -0.2) is 70.2 Å². The first-order valence-corrected chi connectivity index (χ1v) is 9.86. The molecule has 2 atom stereocenters. The van der Waals surface area contributed by atoms with Crippen LogP contribution in [0, 0.1) is 6.92 Å². The molecule has 2 heterocycles. The van der Waals surface area contributed by atoms with Crippen molar-refractivity contribution in [1.82, 2.24) is 19.6 Å². The van der Waals surface area contributed by atoms with E-state index in [4.69, 9.17) is 0 Å². The van der Waals surface area contributed by atoms with Crippen molar-refractivity contribution >= 4 is 17.7 Å². The number of hydrogen-bond donors (Lipinski definition) is 0. The molecular formula is C19H24N4O2S. The number of likely N-dealkylation sites (tertiary alicyclic amines) is 1. The quantitative estimate of drug-likeness (QED) is 0.817. The van der Waals surface area contributed by atoms with Gasteiger partial charge in [0, 0.05) is 36.1 Å². The van der Waals surface area contributed by atoms with Gasteiger partial charge in [-0.25, -0.2) is 4.68 Å². The van der Waals surface area contributed by atoms with Gasteiger partial charge < -0.3 is 9.80 Å². The largest absolute Gasteiger partial charge is 0.334 e. The first kappa shape index (κ1) is 18.7. The van der Waals surface area contributed by atoms with E-state index >= 15 is 0 Å². The number of nitrogens with zero attached hydrogens (tertiary/aromatic N) is 4. The fourth-order valence-electron chi connectivity index (χ4n) is 3.33. The van der Waals surface area contributed by atoms with E-state index in [0.29, 0.717) is 24.0 Å². The summed E-state index contributed by atoms with van der Waals surface area (Å²) in [6.07, 6.45) is 2.06. The first-order valence-electron chi connectivity index (χ1n) is 8.57. The third-order valence-corrected chi connectivity index (χ3v) is 5.87. The second-order valence-electron chi connectivity index (χ2n) is 6.76. The third-order valence-electron chi connectivity index (χ3n) is 4.80. The topological polar surface area (TPSA) is 58.4 Å². The van der Waals surface area contributed by atoms with Crippen LogP contribution in [0.4, 0.5) is 0 Å². The van der Waals surface area contributed by atoms with Gasteiger partial charge in [0.2, 0.25) is 5.43 Å². The summed E-state index contributed by atoms with van der Waals surface area (Å²) in [6.45, 7) is 3.05. The molecule has 0 aliphatic carbocycles. The van der Waals surface area contributed by atoms with E-state index in [2.05, 4.69) is 16.3 Å². The zero-order valence-electron chi connectivity index (χ0n) is 15.5. The number of aromatic nitrogens is 2. The molecule has 3 rings (SSSR count). The van der Waals surface area contributed by atoms with Crippen LogP contribution in [0.3, 0.4) is 0 Å². The fraction of sp³-hybridized carbons (Fsp3) is 0.421. The molecule has 1 aliphatic rings. The molecule has 1 amide bonds. The van der Waals surface area contributed by atoms with Gasteiger partial charge >= 0.3 is 0 Å². The average Bonchev–Trinajstić information content (AvgIpc) is 3.07. The van der Waals surface area contributed by atoms with Gasteiger partial charge in [-0.05, 0) is 39.4 Å². The molecule has 0 bridgehead atoms. The van der Waals surface area contributed by atoms with Crippen molar-refractivity contribution < 1.29 is 4.79 Å². The number of thioether (sulfide) groups is 1. The number of hydrogen-bond acceptors (Lipinski definition) is 5. The van der Waals surface area contributed by atoms with E-state index < -0.39 is 0 Å². The highest BCUT2D eigenvalue weighted by Gasteiger charge is 2.37. The van der Waals surface area contributed by atoms with Gasteiger partial charge in [-0.2, -0.15) is 16.9 Å². The van der Waals surface area contributed by atoms with Gasteiger partial charge in [-0.3, -0.25) is 9.59 Å². The molecular weight excluding hydrogens is 348 g/mol. The molecule has 1 aromatic heterocycles. The summed E-state index contributed by atoms with van der Waals surface area (Å²) in [6, 6.07) is 11.3.